The predicted molar refractivity (Wildman–Crippen MR) is 458 cm³/mol. The second-order valence-electron chi connectivity index (χ2n) is 38.0. The number of nitrogens with zero attached hydrogens (tertiary/aromatic N) is 7. The molecule has 7 aliphatic carbocycles. The molecular formula is C99H152LiN7O2. The van der Waals surface area contributed by atoms with Gasteiger partial charge in [-0.2, -0.15) is 38.0 Å². The van der Waals surface area contributed by atoms with E-state index in [2.05, 4.69) is 259 Å². The SMILES string of the molecule is C=C1C=C(C(C#N)CCC)CC(C)(C)C1.CC1=CC(=O)CC(C)(C)C1.CCC/C(C#N)=C1/C=C(C)CC(C)(C)C1.CCC/C(C#N)=C1\C=C(C)CC(C)(C)C1.CCCC(C#N)C1=CC(C)(C)CC(C)=C1.CCCC(C#N)C1=CC(C)=CC(C)(C)C1.CCCCC(C#N)C1(O)C=C(C)CC(C)(C)C1.CCC[CH-]C#N.[Li+]. The van der Waals surface area contributed by atoms with E-state index in [1.807, 2.05) is 26.0 Å². The summed E-state index contributed by atoms with van der Waals surface area (Å²) in [4.78, 5) is 11.0. The van der Waals surface area contributed by atoms with Gasteiger partial charge in [0.1, 0.15) is 0 Å². The van der Waals surface area contributed by atoms with Gasteiger partial charge in [0.05, 0.1) is 65.7 Å². The fourth-order valence-corrected chi connectivity index (χ4v) is 17.2. The number of nitriles is 7. The summed E-state index contributed by atoms with van der Waals surface area (Å²) in [6.45, 7) is 62.8. The average molecular weight is 1480 g/mol. The van der Waals surface area contributed by atoms with E-state index in [1.165, 1.54) is 66.9 Å². The van der Waals surface area contributed by atoms with Gasteiger partial charge in [0, 0.05) is 17.6 Å². The molecule has 0 radical (unpaired) electrons. The number of rotatable bonds is 19. The van der Waals surface area contributed by atoms with Crippen LogP contribution < -0.4 is 18.9 Å². The second-order valence-corrected chi connectivity index (χ2v) is 38.0. The summed E-state index contributed by atoms with van der Waals surface area (Å²) in [5.74, 6) is 0.333. The number of allylic oxidation sites excluding steroid dienone is 22. The summed E-state index contributed by atoms with van der Waals surface area (Å²) in [5.41, 5.74) is 18.2. The van der Waals surface area contributed by atoms with Crippen LogP contribution in [0.2, 0.25) is 0 Å². The summed E-state index contributed by atoms with van der Waals surface area (Å²) < 4.78 is 0. The van der Waals surface area contributed by atoms with Gasteiger partial charge in [-0.15, -0.1) is 6.07 Å². The van der Waals surface area contributed by atoms with Gasteiger partial charge in [-0.25, -0.2) is 5.26 Å². The molecule has 0 aliphatic heterocycles. The van der Waals surface area contributed by atoms with Crippen molar-refractivity contribution in [1.29, 1.82) is 36.8 Å². The first-order chi connectivity index (χ1) is 50.1. The molecule has 0 heterocycles. The first kappa shape index (κ1) is 104. The third-order valence-corrected chi connectivity index (χ3v) is 20.4. The van der Waals surface area contributed by atoms with Gasteiger partial charge in [-0.1, -0.05) is 302 Å². The van der Waals surface area contributed by atoms with Gasteiger partial charge in [0.15, 0.2) is 5.78 Å². The van der Waals surface area contributed by atoms with E-state index < -0.39 is 5.60 Å². The number of carbonyl (C=O) groups excluding carboxylic acids is 1. The van der Waals surface area contributed by atoms with E-state index in [-0.39, 0.29) is 75.4 Å². The zero-order valence-electron chi connectivity index (χ0n) is 74.9. The maximum absolute atomic E-state index is 11.0. The Morgan fingerprint density at radius 1 is 0.440 bits per heavy atom. The number of ketones is 1. The molecule has 0 fully saturated rings. The third-order valence-electron chi connectivity index (χ3n) is 20.4. The van der Waals surface area contributed by atoms with Crippen molar-refractivity contribution in [3.63, 3.8) is 0 Å². The molecule has 0 bridgehead atoms. The summed E-state index contributed by atoms with van der Waals surface area (Å²) >= 11 is 0. The van der Waals surface area contributed by atoms with Crippen molar-refractivity contribution in [3.05, 3.63) is 146 Å². The minimum atomic E-state index is -0.921. The molecule has 0 aromatic heterocycles. The number of aliphatic hydroxyl groups is 1. The first-order valence-corrected chi connectivity index (χ1v) is 41.3. The number of hydrogen-bond acceptors (Lipinski definition) is 9. The third kappa shape index (κ3) is 42.6. The van der Waals surface area contributed by atoms with Gasteiger partial charge in [0.25, 0.3) is 0 Å². The van der Waals surface area contributed by atoms with E-state index in [0.717, 1.165) is 172 Å². The van der Waals surface area contributed by atoms with Gasteiger partial charge in [-0.05, 0) is 211 Å². The molecule has 0 saturated heterocycles. The smallest absolute Gasteiger partial charge is 0.384 e. The van der Waals surface area contributed by atoms with E-state index in [4.69, 9.17) is 31.6 Å². The molecule has 0 spiro atoms. The van der Waals surface area contributed by atoms with Gasteiger partial charge in [-0.3, -0.25) is 11.2 Å². The molecule has 109 heavy (non-hydrogen) atoms. The first-order valence-electron chi connectivity index (χ1n) is 41.3. The molecule has 0 aromatic rings. The quantitative estimate of drug-likeness (QED) is 0.0429. The Morgan fingerprint density at radius 3 is 1.21 bits per heavy atom. The Kier molecular flexibility index (Phi) is 48.3. The zero-order chi connectivity index (χ0) is 83.1. The van der Waals surface area contributed by atoms with Crippen LogP contribution in [0.5, 0.6) is 0 Å². The minimum Gasteiger partial charge on any atom is -0.384 e. The standard InChI is InChI=1S/C15H25NO.5C14H21N.C9H14O.C5H8N.Li/c1-5-6-7-13(10-16)15(17)9-12(2)8-14(3,4)11-15;5*1-5-6-12(10-15)13-7-11(2)8-14(3,4)9-13;1-7-4-8(10)6-9(2,3)5-7;1-2-3-4-5-6;/h9,13,17H,5-8,11H2,1-4H3;2*7H,5-6,8-9H2,1-4H3;7,9,12H,5-6,8H2,1-4H3;7-8,12H,5-6,9H2,1-4H3;7,12H,2,5-6,8-9H2,1,3-4H3;4H,5-6H2,1-3H3;4H,2-3H2,1H3;/q;;;;;;;-1;+1/b;13-12+;13-12-;;;;;;. The van der Waals surface area contributed by atoms with E-state index >= 15 is 0 Å². The largest absolute Gasteiger partial charge is 1.00 e. The van der Waals surface area contributed by atoms with Crippen molar-refractivity contribution in [2.45, 2.75) is 366 Å². The topological polar surface area (TPSA) is 204 Å². The molecule has 7 aliphatic rings. The van der Waals surface area contributed by atoms with E-state index in [0.29, 0.717) is 23.7 Å². The molecule has 7 rings (SSSR count). The molecule has 5 atom stereocenters. The van der Waals surface area contributed by atoms with Crippen LogP contribution in [-0.2, 0) is 4.79 Å². The summed E-state index contributed by atoms with van der Waals surface area (Å²) in [6.07, 6.45) is 48.0. The monoisotopic (exact) mass is 1480 g/mol. The molecular weight excluding hydrogens is 1330 g/mol. The van der Waals surface area contributed by atoms with Crippen molar-refractivity contribution in [2.24, 2.45) is 61.6 Å². The molecule has 1 N–H and O–H groups in total. The summed E-state index contributed by atoms with van der Waals surface area (Å²) in [6, 6.07) is 16.3. The average Bonchev–Trinajstić information content (AvgIpc) is 0.786. The molecule has 0 saturated carbocycles. The van der Waals surface area contributed by atoms with Crippen LogP contribution in [0.1, 0.15) is 360 Å². The van der Waals surface area contributed by atoms with Gasteiger partial charge >= 0.3 is 18.9 Å². The van der Waals surface area contributed by atoms with Gasteiger partial charge in [0.2, 0.25) is 0 Å². The molecule has 0 amide bonds. The van der Waals surface area contributed by atoms with Crippen molar-refractivity contribution >= 4 is 5.78 Å². The van der Waals surface area contributed by atoms with Crippen molar-refractivity contribution in [3.8, 4) is 42.5 Å². The number of unbranched alkanes of at least 4 members (excludes halogenated alkanes) is 3. The Hall–Kier alpha value is -6.59. The van der Waals surface area contributed by atoms with Crippen molar-refractivity contribution in [1.82, 2.24) is 0 Å². The normalized spacial score (nSPS) is 22.3. The van der Waals surface area contributed by atoms with Crippen LogP contribution in [0.3, 0.4) is 0 Å². The Morgan fingerprint density at radius 2 is 0.862 bits per heavy atom. The van der Waals surface area contributed by atoms with E-state index in [1.54, 1.807) is 12.5 Å². The summed E-state index contributed by atoms with van der Waals surface area (Å²) in [7, 11) is 0. The zero-order valence-corrected chi connectivity index (χ0v) is 74.9. The molecule has 0 aromatic carbocycles. The van der Waals surface area contributed by atoms with Crippen LogP contribution in [0.25, 0.3) is 0 Å². The van der Waals surface area contributed by atoms with Crippen molar-refractivity contribution in [2.75, 3.05) is 0 Å². The number of hydrogen-bond donors (Lipinski definition) is 1. The van der Waals surface area contributed by atoms with Gasteiger partial charge < -0.3 is 5.11 Å². The Labute approximate surface area is 682 Å². The summed E-state index contributed by atoms with van der Waals surface area (Å²) in [5, 5.41) is 73.6. The number of carbonyl (C=O) groups is 1. The molecule has 10 heteroatoms. The van der Waals surface area contributed by atoms with Crippen LogP contribution >= 0.6 is 0 Å². The fourth-order valence-electron chi connectivity index (χ4n) is 17.2. The Balaban J connectivity index is 0. The maximum atomic E-state index is 11.0. The fraction of sp³-hybridized carbons (Fsp3) is 0.667. The van der Waals surface area contributed by atoms with Crippen LogP contribution in [0.4, 0.5) is 0 Å². The van der Waals surface area contributed by atoms with E-state index in [9.17, 15) is 15.2 Å². The minimum absolute atomic E-state index is 0. The Bertz CT molecular complexity index is 3510. The van der Waals surface area contributed by atoms with Crippen LogP contribution in [0, 0.1) is 147 Å². The maximum Gasteiger partial charge on any atom is 1.00 e. The molecule has 9 nitrogen and oxygen atoms in total. The molecule has 596 valence electrons. The predicted octanol–water partition coefficient (Wildman–Crippen LogP) is 26.1. The van der Waals surface area contributed by atoms with Crippen molar-refractivity contribution < 1.29 is 28.8 Å². The van der Waals surface area contributed by atoms with Crippen LogP contribution in [-0.4, -0.2) is 16.5 Å². The molecule has 5 unspecified atom stereocenters. The van der Waals surface area contributed by atoms with Crippen LogP contribution in [0.15, 0.2) is 139 Å². The second kappa shape index (κ2) is 50.4.